The first kappa shape index (κ1) is 12.2. The number of amides is 2. The van der Waals surface area contributed by atoms with Crippen molar-refractivity contribution in [2.24, 2.45) is 5.73 Å². The second kappa shape index (κ2) is 4.70. The molecule has 1 aliphatic rings. The molecule has 1 heterocycles. The van der Waals surface area contributed by atoms with Crippen LogP contribution in [0.1, 0.15) is 22.0 Å². The zero-order valence-electron chi connectivity index (χ0n) is 10.6. The summed E-state index contributed by atoms with van der Waals surface area (Å²) in [6, 6.07) is 14.0. The Morgan fingerprint density at radius 2 is 1.80 bits per heavy atom. The molecule has 2 aromatic rings. The molecule has 0 saturated carbocycles. The summed E-state index contributed by atoms with van der Waals surface area (Å²) < 4.78 is 0. The highest BCUT2D eigenvalue weighted by Gasteiger charge is 2.26. The highest BCUT2D eigenvalue weighted by molar-refractivity contribution is 6.05. The quantitative estimate of drug-likeness (QED) is 0.776. The Kier molecular flexibility index (Phi) is 2.87. The number of fused-ring (bicyclic) bond motifs is 1. The molecule has 1 atom stereocenters. The lowest BCUT2D eigenvalue weighted by Gasteiger charge is -2.27. The summed E-state index contributed by atoms with van der Waals surface area (Å²) in [6.45, 7) is 0. The van der Waals surface area contributed by atoms with E-state index in [-0.39, 0.29) is 5.91 Å². The Labute approximate surface area is 115 Å². The largest absolute Gasteiger partial charge is 0.368 e. The van der Waals surface area contributed by atoms with Crippen LogP contribution in [-0.4, -0.2) is 11.8 Å². The van der Waals surface area contributed by atoms with Gasteiger partial charge < -0.3 is 16.4 Å². The first-order valence-corrected chi connectivity index (χ1v) is 6.21. The lowest BCUT2D eigenvalue weighted by molar-refractivity contribution is -0.117. The van der Waals surface area contributed by atoms with Crippen LogP contribution in [0.2, 0.25) is 0 Å². The van der Waals surface area contributed by atoms with E-state index >= 15 is 0 Å². The first-order valence-electron chi connectivity index (χ1n) is 6.21. The number of hydrogen-bond acceptors (Lipinski definition) is 3. The molecule has 5 nitrogen and oxygen atoms in total. The number of rotatable bonds is 2. The molecule has 0 unspecified atom stereocenters. The van der Waals surface area contributed by atoms with E-state index < -0.39 is 11.9 Å². The summed E-state index contributed by atoms with van der Waals surface area (Å²) >= 11 is 0. The van der Waals surface area contributed by atoms with Crippen molar-refractivity contribution in [3.63, 3.8) is 0 Å². The monoisotopic (exact) mass is 267 g/mol. The van der Waals surface area contributed by atoms with Crippen LogP contribution in [0, 0.1) is 0 Å². The lowest BCUT2D eigenvalue weighted by atomic mass is 10.0. The number of benzene rings is 2. The van der Waals surface area contributed by atoms with Crippen LogP contribution in [-0.2, 0) is 4.79 Å². The summed E-state index contributed by atoms with van der Waals surface area (Å²) in [5.41, 5.74) is 7.81. The molecule has 0 fully saturated rings. The summed E-state index contributed by atoms with van der Waals surface area (Å²) in [4.78, 5) is 23.3. The fourth-order valence-electron chi connectivity index (χ4n) is 2.23. The maximum atomic E-state index is 12.1. The highest BCUT2D eigenvalue weighted by Crippen LogP contribution is 2.32. The molecule has 0 bridgehead atoms. The lowest BCUT2D eigenvalue weighted by Crippen LogP contribution is -2.32. The normalized spacial score (nSPS) is 16.8. The molecular formula is C15H13N3O2. The summed E-state index contributed by atoms with van der Waals surface area (Å²) in [7, 11) is 0. The number of carbonyl (C=O) groups excluding carboxylic acids is 2. The van der Waals surface area contributed by atoms with E-state index in [9.17, 15) is 9.59 Å². The molecule has 1 aliphatic heterocycles. The van der Waals surface area contributed by atoms with E-state index in [1.54, 1.807) is 18.2 Å². The molecule has 20 heavy (non-hydrogen) atoms. The minimum Gasteiger partial charge on any atom is -0.368 e. The van der Waals surface area contributed by atoms with Crippen molar-refractivity contribution in [1.82, 2.24) is 0 Å². The van der Waals surface area contributed by atoms with Gasteiger partial charge in [0.05, 0.1) is 11.4 Å². The molecule has 0 aromatic heterocycles. The predicted octanol–water partition coefficient (Wildman–Crippen LogP) is 1.89. The molecule has 0 saturated heterocycles. The summed E-state index contributed by atoms with van der Waals surface area (Å²) in [6.07, 6.45) is 0. The molecule has 4 N–H and O–H groups in total. The van der Waals surface area contributed by atoms with Crippen LogP contribution in [0.4, 0.5) is 11.4 Å². The molecule has 100 valence electrons. The summed E-state index contributed by atoms with van der Waals surface area (Å²) in [5.74, 6) is -0.683. The second-order valence-corrected chi connectivity index (χ2v) is 4.60. The Hall–Kier alpha value is -2.82. The number of hydrogen-bond donors (Lipinski definition) is 3. The van der Waals surface area contributed by atoms with Gasteiger partial charge in [-0.05, 0) is 23.8 Å². The van der Waals surface area contributed by atoms with E-state index in [1.807, 2.05) is 30.3 Å². The van der Waals surface area contributed by atoms with Crippen molar-refractivity contribution in [2.75, 3.05) is 10.6 Å². The molecule has 2 amide bonds. The number of primary amides is 1. The average Bonchev–Trinajstić information content (AvgIpc) is 2.46. The molecule has 5 heteroatoms. The Bertz CT molecular complexity index is 683. The van der Waals surface area contributed by atoms with E-state index in [4.69, 9.17) is 5.73 Å². The van der Waals surface area contributed by atoms with Crippen molar-refractivity contribution in [1.29, 1.82) is 0 Å². The highest BCUT2D eigenvalue weighted by atomic mass is 16.2. The Morgan fingerprint density at radius 3 is 2.50 bits per heavy atom. The number of carbonyl (C=O) groups is 2. The molecule has 3 rings (SSSR count). The van der Waals surface area contributed by atoms with Crippen molar-refractivity contribution < 1.29 is 9.59 Å². The van der Waals surface area contributed by atoms with Gasteiger partial charge in [0.25, 0.3) is 5.91 Å². The van der Waals surface area contributed by atoms with E-state index in [0.29, 0.717) is 11.3 Å². The van der Waals surface area contributed by atoms with Gasteiger partial charge >= 0.3 is 0 Å². The van der Waals surface area contributed by atoms with Crippen LogP contribution in [0.3, 0.4) is 0 Å². The Morgan fingerprint density at radius 1 is 1.05 bits per heavy atom. The maximum Gasteiger partial charge on any atom is 0.251 e. The SMILES string of the molecule is NC(=O)c1ccc2c(c1)NC(=O)[C@H](c1ccccc1)N2. The molecule has 0 aliphatic carbocycles. The first-order chi connectivity index (χ1) is 9.65. The summed E-state index contributed by atoms with van der Waals surface area (Å²) in [5, 5.41) is 5.96. The second-order valence-electron chi connectivity index (χ2n) is 4.60. The van der Waals surface area contributed by atoms with Gasteiger partial charge in [0.1, 0.15) is 6.04 Å². The van der Waals surface area contributed by atoms with E-state index in [1.165, 1.54) is 0 Å². The van der Waals surface area contributed by atoms with Gasteiger partial charge in [-0.1, -0.05) is 30.3 Å². The van der Waals surface area contributed by atoms with Crippen LogP contribution >= 0.6 is 0 Å². The third kappa shape index (κ3) is 2.09. The fraction of sp³-hybridized carbons (Fsp3) is 0.0667. The Balaban J connectivity index is 1.95. The number of anilines is 2. The van der Waals surface area contributed by atoms with Gasteiger partial charge in [-0.2, -0.15) is 0 Å². The minimum atomic E-state index is -0.521. The smallest absolute Gasteiger partial charge is 0.251 e. The van der Waals surface area contributed by atoms with Crippen LogP contribution in [0.15, 0.2) is 48.5 Å². The van der Waals surface area contributed by atoms with Gasteiger partial charge in [-0.15, -0.1) is 0 Å². The van der Waals surface area contributed by atoms with Gasteiger partial charge in [0, 0.05) is 5.56 Å². The van der Waals surface area contributed by atoms with Gasteiger partial charge in [-0.25, -0.2) is 0 Å². The third-order valence-corrected chi connectivity index (χ3v) is 3.26. The molecule has 0 spiro atoms. The van der Waals surface area contributed by atoms with Crippen LogP contribution in [0.5, 0.6) is 0 Å². The van der Waals surface area contributed by atoms with Crippen molar-refractivity contribution in [3.8, 4) is 0 Å². The topological polar surface area (TPSA) is 84.2 Å². The fourth-order valence-corrected chi connectivity index (χ4v) is 2.23. The minimum absolute atomic E-state index is 0.162. The molecular weight excluding hydrogens is 254 g/mol. The number of nitrogens with one attached hydrogen (secondary N) is 2. The zero-order chi connectivity index (χ0) is 14.1. The number of nitrogens with two attached hydrogens (primary N) is 1. The van der Waals surface area contributed by atoms with Gasteiger partial charge in [0.2, 0.25) is 5.91 Å². The van der Waals surface area contributed by atoms with Crippen LogP contribution < -0.4 is 16.4 Å². The van der Waals surface area contributed by atoms with Gasteiger partial charge in [0.15, 0.2) is 0 Å². The van der Waals surface area contributed by atoms with Crippen molar-refractivity contribution in [3.05, 3.63) is 59.7 Å². The molecule has 2 aromatic carbocycles. The predicted molar refractivity (Wildman–Crippen MR) is 76.4 cm³/mol. The zero-order valence-corrected chi connectivity index (χ0v) is 10.6. The molecule has 0 radical (unpaired) electrons. The van der Waals surface area contributed by atoms with Crippen LogP contribution in [0.25, 0.3) is 0 Å². The van der Waals surface area contributed by atoms with Crippen molar-refractivity contribution >= 4 is 23.2 Å². The van der Waals surface area contributed by atoms with Gasteiger partial charge in [-0.3, -0.25) is 9.59 Å². The average molecular weight is 267 g/mol. The van der Waals surface area contributed by atoms with E-state index in [0.717, 1.165) is 11.3 Å². The van der Waals surface area contributed by atoms with E-state index in [2.05, 4.69) is 10.6 Å². The third-order valence-electron chi connectivity index (χ3n) is 3.26. The maximum absolute atomic E-state index is 12.1. The van der Waals surface area contributed by atoms with Crippen molar-refractivity contribution in [2.45, 2.75) is 6.04 Å². The standard InChI is InChI=1S/C15H13N3O2/c16-14(19)10-6-7-11-12(8-10)18-15(20)13(17-11)9-4-2-1-3-5-9/h1-8,13,17H,(H2,16,19)(H,18,20)/t13-/m0/s1.